The fraction of sp³-hybridized carbons (Fsp3) is 0.381. The number of benzene rings is 1. The van der Waals surface area contributed by atoms with Crippen molar-refractivity contribution in [1.82, 2.24) is 24.2 Å². The fourth-order valence-corrected chi connectivity index (χ4v) is 4.34. The molecule has 0 bridgehead atoms. The predicted molar refractivity (Wildman–Crippen MR) is 110 cm³/mol. The number of aromatic nitrogens is 4. The van der Waals surface area contributed by atoms with Crippen molar-refractivity contribution in [3.05, 3.63) is 53.9 Å². The monoisotopic (exact) mass is 394 g/mol. The van der Waals surface area contributed by atoms with Crippen LogP contribution in [-0.4, -0.2) is 38.1 Å². The summed E-state index contributed by atoms with van der Waals surface area (Å²) in [6.07, 6.45) is 8.87. The first-order valence-electron chi connectivity index (χ1n) is 10.1. The molecule has 3 aromatic rings. The molecule has 0 amide bonds. The average Bonchev–Trinajstić information content (AvgIpc) is 3.17. The highest BCUT2D eigenvalue weighted by Gasteiger charge is 2.46. The van der Waals surface area contributed by atoms with Crippen molar-refractivity contribution in [2.24, 2.45) is 0 Å². The first kappa shape index (κ1) is 18.2. The number of anilines is 1. The van der Waals surface area contributed by atoms with Crippen LogP contribution in [-0.2, 0) is 0 Å². The Balaban J connectivity index is 1.61. The van der Waals surface area contributed by atoms with Gasteiger partial charge < -0.3 is 15.2 Å². The van der Waals surface area contributed by atoms with Crippen LogP contribution in [0, 0.1) is 11.0 Å². The van der Waals surface area contributed by atoms with Gasteiger partial charge in [-0.1, -0.05) is 6.92 Å². The Kier molecular flexibility index (Phi) is 4.33. The first-order valence-corrected chi connectivity index (χ1v) is 10.1. The maximum Gasteiger partial charge on any atom is 0.256 e. The summed E-state index contributed by atoms with van der Waals surface area (Å²) in [7, 11) is 0. The van der Waals surface area contributed by atoms with Crippen LogP contribution in [0.25, 0.3) is 17.3 Å². The predicted octanol–water partition coefficient (Wildman–Crippen LogP) is 4.03. The van der Waals surface area contributed by atoms with Crippen molar-refractivity contribution in [3.8, 4) is 17.3 Å². The molecule has 5 rings (SSSR count). The van der Waals surface area contributed by atoms with Crippen molar-refractivity contribution in [2.45, 2.75) is 44.7 Å². The molecule has 2 atom stereocenters. The molecule has 8 heteroatoms. The van der Waals surface area contributed by atoms with Crippen LogP contribution < -0.4 is 9.96 Å². The second-order valence-corrected chi connectivity index (χ2v) is 7.77. The van der Waals surface area contributed by atoms with Crippen LogP contribution in [0.5, 0.6) is 0 Å². The van der Waals surface area contributed by atoms with Crippen molar-refractivity contribution in [2.75, 3.05) is 11.9 Å². The zero-order valence-electron chi connectivity index (χ0n) is 16.3. The molecular weight excluding hydrogens is 371 g/mol. The van der Waals surface area contributed by atoms with Gasteiger partial charge in [0.1, 0.15) is 23.4 Å². The summed E-state index contributed by atoms with van der Waals surface area (Å²) in [6, 6.07) is 6.13. The quantitative estimate of drug-likeness (QED) is 0.534. The molecule has 1 fully saturated rings. The van der Waals surface area contributed by atoms with Crippen LogP contribution in [0.3, 0.4) is 0 Å². The first-order chi connectivity index (χ1) is 14.1. The van der Waals surface area contributed by atoms with Gasteiger partial charge in [0.2, 0.25) is 5.95 Å². The molecular formula is C21H23FN6O. The second kappa shape index (κ2) is 6.89. The molecule has 0 radical (unpaired) electrons. The third-order valence-corrected chi connectivity index (χ3v) is 6.20. The van der Waals surface area contributed by atoms with E-state index in [-0.39, 0.29) is 22.5 Å². The molecule has 1 aromatic carbocycles. The van der Waals surface area contributed by atoms with Crippen LogP contribution in [0.15, 0.2) is 42.9 Å². The van der Waals surface area contributed by atoms with E-state index in [1.165, 1.54) is 12.1 Å². The summed E-state index contributed by atoms with van der Waals surface area (Å²) in [5.41, 5.74) is 1.47. The molecule has 2 aromatic heterocycles. The molecule has 1 saturated carbocycles. The van der Waals surface area contributed by atoms with E-state index < -0.39 is 0 Å². The van der Waals surface area contributed by atoms with Crippen molar-refractivity contribution >= 4 is 11.5 Å². The molecule has 2 aliphatic rings. The summed E-state index contributed by atoms with van der Waals surface area (Å²) in [4.78, 5) is 13.6. The Morgan fingerprint density at radius 3 is 2.72 bits per heavy atom. The number of nitrogens with one attached hydrogen (secondary N) is 1. The van der Waals surface area contributed by atoms with Crippen LogP contribution in [0.2, 0.25) is 0 Å². The van der Waals surface area contributed by atoms with E-state index in [0.717, 1.165) is 31.2 Å². The Morgan fingerprint density at radius 1 is 1.24 bits per heavy atom. The molecule has 1 N–H and O–H groups in total. The standard InChI is InChI=1S/C21H23FN6O/c1-2-16-12-24-18-13-25-21(26-20(18)28(16,29)17-4-3-5-17)27-11-10-23-19(27)14-6-8-15(22)9-7-14/h6-11,13,16-17,24H,2-5,12H2,1H3. The van der Waals surface area contributed by atoms with Gasteiger partial charge in [-0.25, -0.2) is 14.4 Å². The van der Waals surface area contributed by atoms with E-state index in [9.17, 15) is 9.60 Å². The van der Waals surface area contributed by atoms with Crippen LogP contribution >= 0.6 is 0 Å². The van der Waals surface area contributed by atoms with E-state index in [1.54, 1.807) is 35.3 Å². The molecule has 7 nitrogen and oxygen atoms in total. The SMILES string of the molecule is CCC1CNc2cnc(-n3ccnc3-c3ccc(F)cc3)nc2[N+]1([O-])C1CCC1. The highest BCUT2D eigenvalue weighted by molar-refractivity contribution is 5.67. The summed E-state index contributed by atoms with van der Waals surface area (Å²) in [5.74, 6) is 1.21. The number of halogens is 1. The number of fused-ring (bicyclic) bond motifs is 1. The van der Waals surface area contributed by atoms with Gasteiger partial charge in [0.25, 0.3) is 5.82 Å². The lowest BCUT2D eigenvalue weighted by Crippen LogP contribution is -2.65. The van der Waals surface area contributed by atoms with Gasteiger partial charge in [0.15, 0.2) is 0 Å². The number of hydroxylamine groups is 2. The lowest BCUT2D eigenvalue weighted by Gasteiger charge is -2.57. The summed E-state index contributed by atoms with van der Waals surface area (Å²) < 4.78 is 14.7. The third kappa shape index (κ3) is 2.82. The normalized spacial score (nSPS) is 23.9. The minimum absolute atomic E-state index is 0.0582. The minimum Gasteiger partial charge on any atom is -0.626 e. The summed E-state index contributed by atoms with van der Waals surface area (Å²) >= 11 is 0. The van der Waals surface area contributed by atoms with Crippen LogP contribution in [0.1, 0.15) is 32.6 Å². The zero-order chi connectivity index (χ0) is 20.0. The number of rotatable bonds is 4. The Bertz CT molecular complexity index is 1030. The highest BCUT2D eigenvalue weighted by Crippen LogP contribution is 2.44. The number of hydrogen-bond acceptors (Lipinski definition) is 5. The molecule has 150 valence electrons. The number of hydrogen-bond donors (Lipinski definition) is 1. The van der Waals surface area contributed by atoms with Gasteiger partial charge in [-0.2, -0.15) is 4.98 Å². The Morgan fingerprint density at radius 2 is 2.03 bits per heavy atom. The van der Waals surface area contributed by atoms with E-state index in [2.05, 4.69) is 22.2 Å². The van der Waals surface area contributed by atoms with Gasteiger partial charge >= 0.3 is 0 Å². The molecule has 1 aliphatic heterocycles. The molecule has 0 saturated heterocycles. The molecule has 1 aliphatic carbocycles. The Hall–Kier alpha value is -2.84. The minimum atomic E-state index is -0.380. The third-order valence-electron chi connectivity index (χ3n) is 6.20. The second-order valence-electron chi connectivity index (χ2n) is 7.77. The molecule has 0 spiro atoms. The smallest absolute Gasteiger partial charge is 0.256 e. The maximum absolute atomic E-state index is 14.1. The Labute approximate surface area is 168 Å². The van der Waals surface area contributed by atoms with Crippen molar-refractivity contribution in [1.29, 1.82) is 0 Å². The molecule has 3 heterocycles. The highest BCUT2D eigenvalue weighted by atomic mass is 19.1. The largest absolute Gasteiger partial charge is 0.626 e. The van der Waals surface area contributed by atoms with E-state index >= 15 is 0 Å². The number of imidazole rings is 1. The fourth-order valence-electron chi connectivity index (χ4n) is 4.34. The van der Waals surface area contributed by atoms with Gasteiger partial charge in [-0.3, -0.25) is 4.57 Å². The van der Waals surface area contributed by atoms with Gasteiger partial charge in [-0.05, 0) is 37.1 Å². The topological polar surface area (TPSA) is 78.7 Å². The summed E-state index contributed by atoms with van der Waals surface area (Å²) in [5, 5.41) is 17.5. The summed E-state index contributed by atoms with van der Waals surface area (Å²) in [6.45, 7) is 2.70. The van der Waals surface area contributed by atoms with Gasteiger partial charge in [0, 0.05) is 30.8 Å². The average molecular weight is 394 g/mol. The van der Waals surface area contributed by atoms with Crippen molar-refractivity contribution in [3.63, 3.8) is 0 Å². The van der Waals surface area contributed by atoms with E-state index in [0.29, 0.717) is 29.8 Å². The van der Waals surface area contributed by atoms with Crippen LogP contribution in [0.4, 0.5) is 15.9 Å². The van der Waals surface area contributed by atoms with E-state index in [1.807, 2.05) is 0 Å². The van der Waals surface area contributed by atoms with Gasteiger partial charge in [0.05, 0.1) is 18.8 Å². The van der Waals surface area contributed by atoms with Gasteiger partial charge in [-0.15, -0.1) is 0 Å². The zero-order valence-corrected chi connectivity index (χ0v) is 16.3. The number of nitrogens with zero attached hydrogens (tertiary/aromatic N) is 5. The van der Waals surface area contributed by atoms with E-state index in [4.69, 9.17) is 4.98 Å². The molecule has 29 heavy (non-hydrogen) atoms. The lowest BCUT2D eigenvalue weighted by molar-refractivity contribution is 0.132. The lowest BCUT2D eigenvalue weighted by atomic mass is 9.88. The van der Waals surface area contributed by atoms with Crippen molar-refractivity contribution < 1.29 is 4.39 Å². The molecule has 2 unspecified atom stereocenters. The number of quaternary nitrogens is 1. The maximum atomic E-state index is 14.1.